The first-order valence-electron chi connectivity index (χ1n) is 7.26. The van der Waals surface area contributed by atoms with Crippen LogP contribution in [-0.4, -0.2) is 23.9 Å². The maximum Gasteiger partial charge on any atom is 0.0704 e. The van der Waals surface area contributed by atoms with Crippen LogP contribution in [0.15, 0.2) is 0 Å². The van der Waals surface area contributed by atoms with Gasteiger partial charge in [0.15, 0.2) is 0 Å². The normalized spacial score (nSPS) is 13.9. The maximum atomic E-state index is 8.75. The molecule has 0 spiro atoms. The molecule has 1 unspecified atom stereocenters. The Balaban J connectivity index is 3.56. The Morgan fingerprint density at radius 3 is 2.41 bits per heavy atom. The number of aliphatic hydroxyl groups is 1. The first-order valence-corrected chi connectivity index (χ1v) is 7.26. The lowest BCUT2D eigenvalue weighted by Crippen LogP contribution is -2.26. The fraction of sp³-hybridized carbons (Fsp3) is 1.00. The van der Waals surface area contributed by atoms with Crippen LogP contribution in [0.1, 0.15) is 72.6 Å². The molecule has 1 N–H and O–H groups in total. The smallest absolute Gasteiger partial charge is 0.0704 e. The van der Waals surface area contributed by atoms with E-state index in [1.807, 2.05) is 0 Å². The van der Waals surface area contributed by atoms with Crippen molar-refractivity contribution in [3.8, 4) is 0 Å². The Morgan fingerprint density at radius 1 is 1.12 bits per heavy atom. The highest BCUT2D eigenvalue weighted by Crippen LogP contribution is 2.23. The molecule has 1 atom stereocenters. The molecule has 0 saturated carbocycles. The van der Waals surface area contributed by atoms with E-state index in [0.29, 0.717) is 6.61 Å². The van der Waals surface area contributed by atoms with Gasteiger partial charge in [-0.3, -0.25) is 0 Å². The Hall–Kier alpha value is -0.0800. The van der Waals surface area contributed by atoms with Crippen LogP contribution in [0.5, 0.6) is 0 Å². The van der Waals surface area contributed by atoms with Gasteiger partial charge in [-0.2, -0.15) is 0 Å². The van der Waals surface area contributed by atoms with Crippen molar-refractivity contribution < 1.29 is 9.84 Å². The molecule has 0 aliphatic rings. The first-order chi connectivity index (χ1) is 8.02. The molecule has 17 heavy (non-hydrogen) atoms. The van der Waals surface area contributed by atoms with Crippen molar-refractivity contribution in [2.75, 3.05) is 13.2 Å². The van der Waals surface area contributed by atoms with Crippen molar-refractivity contribution in [3.05, 3.63) is 0 Å². The van der Waals surface area contributed by atoms with Crippen LogP contribution in [0, 0.1) is 5.92 Å². The molecule has 0 rings (SSSR count). The fourth-order valence-corrected chi connectivity index (χ4v) is 2.05. The van der Waals surface area contributed by atoms with Gasteiger partial charge >= 0.3 is 0 Å². The number of ether oxygens (including phenoxy) is 1. The van der Waals surface area contributed by atoms with E-state index in [0.717, 1.165) is 12.3 Å². The van der Waals surface area contributed by atoms with Crippen molar-refractivity contribution in [3.63, 3.8) is 0 Å². The molecule has 0 bridgehead atoms. The van der Waals surface area contributed by atoms with Crippen LogP contribution in [0.4, 0.5) is 0 Å². The van der Waals surface area contributed by atoms with Gasteiger partial charge in [-0.25, -0.2) is 0 Å². The van der Waals surface area contributed by atoms with Crippen LogP contribution in [0.2, 0.25) is 0 Å². The number of aliphatic hydroxyl groups excluding tert-OH is 1. The molecule has 0 heterocycles. The highest BCUT2D eigenvalue weighted by molar-refractivity contribution is 4.70. The SMILES string of the molecule is CCCCCCC(C)CCC(C)(C)OCCO. The van der Waals surface area contributed by atoms with E-state index < -0.39 is 0 Å². The summed E-state index contributed by atoms with van der Waals surface area (Å²) < 4.78 is 5.62. The Kier molecular flexibility index (Phi) is 9.85. The van der Waals surface area contributed by atoms with Crippen LogP contribution in [0.3, 0.4) is 0 Å². The molecule has 2 heteroatoms. The van der Waals surface area contributed by atoms with Crippen molar-refractivity contribution in [2.45, 2.75) is 78.2 Å². The summed E-state index contributed by atoms with van der Waals surface area (Å²) in [4.78, 5) is 0. The standard InChI is InChI=1S/C15H32O2/c1-5-6-7-8-9-14(2)10-11-15(3,4)17-13-12-16/h14,16H,5-13H2,1-4H3. The van der Waals surface area contributed by atoms with Crippen LogP contribution in [-0.2, 0) is 4.74 Å². The average Bonchev–Trinajstić information content (AvgIpc) is 2.30. The lowest BCUT2D eigenvalue weighted by molar-refractivity contribution is -0.0412. The Bertz CT molecular complexity index is 166. The molecule has 0 aliphatic carbocycles. The topological polar surface area (TPSA) is 29.5 Å². The van der Waals surface area contributed by atoms with Crippen molar-refractivity contribution >= 4 is 0 Å². The molecule has 0 saturated heterocycles. The van der Waals surface area contributed by atoms with Gasteiger partial charge in [-0.15, -0.1) is 0 Å². The van der Waals surface area contributed by atoms with Crippen molar-refractivity contribution in [2.24, 2.45) is 5.92 Å². The zero-order valence-electron chi connectivity index (χ0n) is 12.3. The van der Waals surface area contributed by atoms with Crippen LogP contribution < -0.4 is 0 Å². The minimum absolute atomic E-state index is 0.0829. The molecule has 0 aromatic carbocycles. The van der Waals surface area contributed by atoms with Gasteiger partial charge in [-0.1, -0.05) is 46.0 Å². The van der Waals surface area contributed by atoms with E-state index in [2.05, 4.69) is 27.7 Å². The minimum atomic E-state index is -0.0829. The molecule has 0 fully saturated rings. The summed E-state index contributed by atoms with van der Waals surface area (Å²) in [6, 6.07) is 0. The third kappa shape index (κ3) is 10.8. The maximum absolute atomic E-state index is 8.75. The molecule has 0 amide bonds. The lowest BCUT2D eigenvalue weighted by atomic mass is 9.92. The molecular weight excluding hydrogens is 212 g/mol. The molecular formula is C15H32O2. The quantitative estimate of drug-likeness (QED) is 0.553. The van der Waals surface area contributed by atoms with Gasteiger partial charge in [0.1, 0.15) is 0 Å². The minimum Gasteiger partial charge on any atom is -0.394 e. The van der Waals surface area contributed by atoms with Crippen molar-refractivity contribution in [1.29, 1.82) is 0 Å². The largest absolute Gasteiger partial charge is 0.394 e. The van der Waals surface area contributed by atoms with Gasteiger partial charge in [0, 0.05) is 0 Å². The van der Waals surface area contributed by atoms with Gasteiger partial charge in [0.2, 0.25) is 0 Å². The van der Waals surface area contributed by atoms with E-state index in [9.17, 15) is 0 Å². The molecule has 0 aromatic rings. The van der Waals surface area contributed by atoms with Crippen LogP contribution >= 0.6 is 0 Å². The summed E-state index contributed by atoms with van der Waals surface area (Å²) >= 11 is 0. The summed E-state index contributed by atoms with van der Waals surface area (Å²) in [5, 5.41) is 8.75. The third-order valence-corrected chi connectivity index (χ3v) is 3.37. The highest BCUT2D eigenvalue weighted by Gasteiger charge is 2.18. The van der Waals surface area contributed by atoms with E-state index in [1.165, 1.54) is 38.5 Å². The predicted octanol–water partition coefficient (Wildman–Crippen LogP) is 4.16. The summed E-state index contributed by atoms with van der Waals surface area (Å²) in [6.45, 7) is 9.41. The van der Waals surface area contributed by atoms with Gasteiger partial charge in [-0.05, 0) is 32.6 Å². The molecule has 0 aromatic heterocycles. The molecule has 2 nitrogen and oxygen atoms in total. The summed E-state index contributed by atoms with van der Waals surface area (Å²) in [7, 11) is 0. The van der Waals surface area contributed by atoms with Crippen LogP contribution in [0.25, 0.3) is 0 Å². The highest BCUT2D eigenvalue weighted by atomic mass is 16.5. The number of hydrogen-bond acceptors (Lipinski definition) is 2. The lowest BCUT2D eigenvalue weighted by Gasteiger charge is -2.26. The summed E-state index contributed by atoms with van der Waals surface area (Å²) in [5.74, 6) is 0.795. The third-order valence-electron chi connectivity index (χ3n) is 3.37. The predicted molar refractivity (Wildman–Crippen MR) is 74.3 cm³/mol. The van der Waals surface area contributed by atoms with E-state index in [1.54, 1.807) is 0 Å². The zero-order valence-corrected chi connectivity index (χ0v) is 12.3. The molecule has 0 radical (unpaired) electrons. The fourth-order valence-electron chi connectivity index (χ4n) is 2.05. The van der Waals surface area contributed by atoms with Gasteiger partial charge in [0.05, 0.1) is 18.8 Å². The number of unbranched alkanes of at least 4 members (excludes halogenated alkanes) is 3. The van der Waals surface area contributed by atoms with E-state index in [-0.39, 0.29) is 12.2 Å². The second-order valence-corrected chi connectivity index (χ2v) is 5.82. The van der Waals surface area contributed by atoms with E-state index in [4.69, 9.17) is 9.84 Å². The number of rotatable bonds is 11. The average molecular weight is 244 g/mol. The molecule has 0 aliphatic heterocycles. The summed E-state index contributed by atoms with van der Waals surface area (Å²) in [5.41, 5.74) is -0.0829. The van der Waals surface area contributed by atoms with E-state index >= 15 is 0 Å². The first kappa shape index (κ1) is 16.9. The van der Waals surface area contributed by atoms with Gasteiger partial charge < -0.3 is 9.84 Å². The Morgan fingerprint density at radius 2 is 1.82 bits per heavy atom. The zero-order chi connectivity index (χ0) is 13.1. The Labute approximate surface area is 108 Å². The second-order valence-electron chi connectivity index (χ2n) is 5.82. The summed E-state index contributed by atoms with van der Waals surface area (Å²) in [6.07, 6.45) is 9.09. The number of hydrogen-bond donors (Lipinski definition) is 1. The second kappa shape index (κ2) is 9.90. The monoisotopic (exact) mass is 244 g/mol. The van der Waals surface area contributed by atoms with Crippen molar-refractivity contribution in [1.82, 2.24) is 0 Å². The molecule has 104 valence electrons. The van der Waals surface area contributed by atoms with Gasteiger partial charge in [0.25, 0.3) is 0 Å².